The highest BCUT2D eigenvalue weighted by Gasteiger charge is 1.79. The number of aromatic nitrogens is 1. The minimum atomic E-state index is 0.826. The molecule has 0 saturated carbocycles. The van der Waals surface area contributed by atoms with E-state index in [0.29, 0.717) is 0 Å². The molecule has 0 aliphatic rings. The Bertz CT molecular complexity index is 232. The van der Waals surface area contributed by atoms with Gasteiger partial charge in [-0.1, -0.05) is 6.07 Å². The third-order valence-corrected chi connectivity index (χ3v) is 1.11. The monoisotopic (exact) mass is 229 g/mol. The lowest BCUT2D eigenvalue weighted by atomic mass is 10.4. The van der Waals surface area contributed by atoms with Gasteiger partial charge in [0.05, 0.1) is 0 Å². The predicted molar refractivity (Wildman–Crippen MR) is 45.1 cm³/mol. The third-order valence-electron chi connectivity index (χ3n) is 0.840. The molecule has 44 valence electrons. The summed E-state index contributed by atoms with van der Waals surface area (Å²) in [4.78, 5) is 3.99. The molecule has 2 heteroatoms. The van der Waals surface area contributed by atoms with Crippen LogP contribution in [0.2, 0.25) is 0 Å². The van der Waals surface area contributed by atoms with E-state index >= 15 is 0 Å². The van der Waals surface area contributed by atoms with Gasteiger partial charge >= 0.3 is 0 Å². The number of nitrogens with zero attached hydrogens (tertiary/aromatic N) is 1. The number of hydrogen-bond donors (Lipinski definition) is 0. The van der Waals surface area contributed by atoms with E-state index < -0.39 is 0 Å². The van der Waals surface area contributed by atoms with Crippen molar-refractivity contribution in [3.8, 4) is 9.85 Å². The highest BCUT2D eigenvalue weighted by atomic mass is 127. The molecule has 0 aliphatic carbocycles. The van der Waals surface area contributed by atoms with Gasteiger partial charge in [0.1, 0.15) is 5.69 Å². The van der Waals surface area contributed by atoms with Gasteiger partial charge in [-0.15, -0.1) is 0 Å². The van der Waals surface area contributed by atoms with E-state index in [-0.39, 0.29) is 0 Å². The van der Waals surface area contributed by atoms with E-state index in [4.69, 9.17) is 0 Å². The van der Waals surface area contributed by atoms with Gasteiger partial charge in [0.25, 0.3) is 0 Å². The van der Waals surface area contributed by atoms with Gasteiger partial charge in [0.15, 0.2) is 0 Å². The minimum Gasteiger partial charge on any atom is -0.248 e. The molecule has 0 spiro atoms. The SMILES string of the molecule is IC#Cc1ccccn1. The quantitative estimate of drug-likeness (QED) is 0.488. The normalized spacial score (nSPS) is 7.67. The molecule has 0 atom stereocenters. The highest BCUT2D eigenvalue weighted by molar-refractivity contribution is 14.1. The van der Waals surface area contributed by atoms with Crippen LogP contribution in [-0.2, 0) is 0 Å². The van der Waals surface area contributed by atoms with Crippen molar-refractivity contribution in [2.45, 2.75) is 0 Å². The van der Waals surface area contributed by atoms with Crippen molar-refractivity contribution in [1.29, 1.82) is 0 Å². The van der Waals surface area contributed by atoms with Crippen molar-refractivity contribution >= 4 is 22.6 Å². The van der Waals surface area contributed by atoms with Crippen LogP contribution in [0.1, 0.15) is 5.69 Å². The Labute approximate surface area is 67.6 Å². The summed E-state index contributed by atoms with van der Waals surface area (Å²) in [7, 11) is 0. The first-order chi connectivity index (χ1) is 4.43. The van der Waals surface area contributed by atoms with E-state index in [1.54, 1.807) is 6.20 Å². The molecule has 9 heavy (non-hydrogen) atoms. The maximum Gasteiger partial charge on any atom is 0.113 e. The highest BCUT2D eigenvalue weighted by Crippen LogP contribution is 1.89. The van der Waals surface area contributed by atoms with Crippen LogP contribution in [0.4, 0.5) is 0 Å². The summed E-state index contributed by atoms with van der Waals surface area (Å²) >= 11 is 1.99. The summed E-state index contributed by atoms with van der Waals surface area (Å²) in [6.07, 6.45) is 1.73. The van der Waals surface area contributed by atoms with E-state index in [1.807, 2.05) is 40.8 Å². The van der Waals surface area contributed by atoms with Crippen LogP contribution in [0, 0.1) is 9.85 Å². The number of halogens is 1. The fourth-order valence-corrected chi connectivity index (χ4v) is 0.761. The number of pyridine rings is 1. The molecule has 0 bridgehead atoms. The smallest absolute Gasteiger partial charge is 0.113 e. The zero-order chi connectivity index (χ0) is 6.53. The van der Waals surface area contributed by atoms with E-state index in [1.165, 1.54) is 0 Å². The molecule has 1 heterocycles. The second kappa shape index (κ2) is 3.46. The van der Waals surface area contributed by atoms with Crippen molar-refractivity contribution in [3.05, 3.63) is 30.1 Å². The Hall–Kier alpha value is -0.560. The maximum absolute atomic E-state index is 3.99. The Morgan fingerprint density at radius 2 is 2.33 bits per heavy atom. The Morgan fingerprint density at radius 3 is 2.89 bits per heavy atom. The number of hydrogen-bond acceptors (Lipinski definition) is 1. The van der Waals surface area contributed by atoms with Crippen LogP contribution in [0.25, 0.3) is 0 Å². The molecule has 0 unspecified atom stereocenters. The lowest BCUT2D eigenvalue weighted by Crippen LogP contribution is -1.75. The molecular weight excluding hydrogens is 225 g/mol. The number of rotatable bonds is 0. The van der Waals surface area contributed by atoms with Gasteiger partial charge in [0, 0.05) is 28.8 Å². The fraction of sp³-hybridized carbons (Fsp3) is 0. The Balaban J connectivity index is 2.94. The van der Waals surface area contributed by atoms with Crippen molar-refractivity contribution in [3.63, 3.8) is 0 Å². The van der Waals surface area contributed by atoms with Gasteiger partial charge in [-0.3, -0.25) is 0 Å². The second-order valence-corrected chi connectivity index (χ2v) is 1.97. The first-order valence-electron chi connectivity index (χ1n) is 2.46. The fourth-order valence-electron chi connectivity index (χ4n) is 0.485. The van der Waals surface area contributed by atoms with Gasteiger partial charge < -0.3 is 0 Å². The van der Waals surface area contributed by atoms with Crippen molar-refractivity contribution in [2.24, 2.45) is 0 Å². The molecule has 0 radical (unpaired) electrons. The van der Waals surface area contributed by atoms with Gasteiger partial charge in [0.2, 0.25) is 0 Å². The summed E-state index contributed by atoms with van der Waals surface area (Å²) in [5.74, 6) is 2.83. The van der Waals surface area contributed by atoms with E-state index in [0.717, 1.165) is 5.69 Å². The van der Waals surface area contributed by atoms with Crippen LogP contribution in [0.15, 0.2) is 24.4 Å². The van der Waals surface area contributed by atoms with Crippen molar-refractivity contribution in [2.75, 3.05) is 0 Å². The summed E-state index contributed by atoms with van der Waals surface area (Å²) < 4.78 is 2.74. The molecule has 0 aliphatic heterocycles. The first-order valence-corrected chi connectivity index (χ1v) is 3.54. The summed E-state index contributed by atoms with van der Waals surface area (Å²) in [5.41, 5.74) is 0.826. The summed E-state index contributed by atoms with van der Waals surface area (Å²) in [6.45, 7) is 0. The lowest BCUT2D eigenvalue weighted by Gasteiger charge is -1.82. The average molecular weight is 229 g/mol. The van der Waals surface area contributed by atoms with E-state index in [2.05, 4.69) is 14.8 Å². The van der Waals surface area contributed by atoms with Crippen LogP contribution in [-0.4, -0.2) is 4.98 Å². The molecule has 0 N–H and O–H groups in total. The molecule has 1 nitrogen and oxygen atoms in total. The molecule has 0 saturated heterocycles. The predicted octanol–water partition coefficient (Wildman–Crippen LogP) is 1.83. The first kappa shape index (κ1) is 6.56. The molecular formula is C7H4IN. The van der Waals surface area contributed by atoms with Crippen molar-refractivity contribution < 1.29 is 0 Å². The third kappa shape index (κ3) is 2.02. The molecule has 1 rings (SSSR count). The second-order valence-electron chi connectivity index (χ2n) is 1.43. The maximum atomic E-state index is 3.99. The van der Waals surface area contributed by atoms with Crippen LogP contribution in [0.3, 0.4) is 0 Å². The van der Waals surface area contributed by atoms with Crippen molar-refractivity contribution in [1.82, 2.24) is 4.98 Å². The summed E-state index contributed by atoms with van der Waals surface area (Å²) in [6, 6.07) is 5.67. The van der Waals surface area contributed by atoms with Gasteiger partial charge in [-0.05, 0) is 22.0 Å². The average Bonchev–Trinajstić information content (AvgIpc) is 1.91. The van der Waals surface area contributed by atoms with Crippen LogP contribution in [0.5, 0.6) is 0 Å². The zero-order valence-electron chi connectivity index (χ0n) is 4.63. The molecule has 0 aromatic carbocycles. The molecule has 0 fully saturated rings. The summed E-state index contributed by atoms with van der Waals surface area (Å²) in [5, 5.41) is 0. The van der Waals surface area contributed by atoms with Crippen LogP contribution < -0.4 is 0 Å². The Morgan fingerprint density at radius 1 is 1.44 bits per heavy atom. The standard InChI is InChI=1S/C7H4IN/c8-5-4-7-3-1-2-6-9-7/h1-3,6H. The van der Waals surface area contributed by atoms with Gasteiger partial charge in [-0.2, -0.15) is 0 Å². The largest absolute Gasteiger partial charge is 0.248 e. The van der Waals surface area contributed by atoms with E-state index in [9.17, 15) is 0 Å². The van der Waals surface area contributed by atoms with Crippen LogP contribution >= 0.6 is 22.6 Å². The molecule has 0 amide bonds. The topological polar surface area (TPSA) is 12.9 Å². The molecule has 1 aromatic rings. The zero-order valence-corrected chi connectivity index (χ0v) is 6.79. The minimum absolute atomic E-state index is 0.826. The Kier molecular flexibility index (Phi) is 2.52. The lowest BCUT2D eigenvalue weighted by molar-refractivity contribution is 1.29. The van der Waals surface area contributed by atoms with Gasteiger partial charge in [-0.25, -0.2) is 4.98 Å². The molecule has 1 aromatic heterocycles.